The highest BCUT2D eigenvalue weighted by Crippen LogP contribution is 2.24. The van der Waals surface area contributed by atoms with E-state index in [2.05, 4.69) is 27.3 Å². The van der Waals surface area contributed by atoms with Gasteiger partial charge in [-0.15, -0.1) is 0 Å². The molecular weight excluding hydrogens is 356 g/mol. The molecule has 2 aromatic rings. The maximum atomic E-state index is 12.2. The second-order valence-corrected chi connectivity index (χ2v) is 6.80. The third-order valence-electron chi connectivity index (χ3n) is 4.39. The molecule has 1 aliphatic rings. The number of hydrogen-bond donors (Lipinski definition) is 1. The minimum Gasteiger partial charge on any atom is -0.484 e. The molecule has 0 aromatic heterocycles. The summed E-state index contributed by atoms with van der Waals surface area (Å²) in [4.78, 5) is 14.1. The fourth-order valence-electron chi connectivity index (χ4n) is 2.94. The van der Waals surface area contributed by atoms with Crippen molar-refractivity contribution in [2.75, 3.05) is 26.7 Å². The lowest BCUT2D eigenvalue weighted by molar-refractivity contribution is -0.134. The molecule has 1 saturated heterocycles. The van der Waals surface area contributed by atoms with E-state index in [1.807, 2.05) is 42.3 Å². The normalized spacial score (nSPS) is 15.8. The van der Waals surface area contributed by atoms with E-state index in [1.165, 1.54) is 0 Å². The van der Waals surface area contributed by atoms with E-state index >= 15 is 0 Å². The average molecular weight is 377 g/mol. The molecule has 0 spiro atoms. The van der Waals surface area contributed by atoms with Gasteiger partial charge in [0.1, 0.15) is 5.75 Å². The fourth-order valence-corrected chi connectivity index (χ4v) is 3.32. The maximum absolute atomic E-state index is 12.2. The zero-order chi connectivity index (χ0) is 16.2. The minimum absolute atomic E-state index is 0.0652. The first kappa shape index (κ1) is 16.3. The number of carbonyl (C=O) groups is 1. The van der Waals surface area contributed by atoms with Crippen LogP contribution in [0, 0.1) is 0 Å². The minimum atomic E-state index is 0.0652. The number of benzene rings is 2. The summed E-state index contributed by atoms with van der Waals surface area (Å²) in [6.07, 6.45) is 2.01. The van der Waals surface area contributed by atoms with Crippen molar-refractivity contribution in [2.24, 2.45) is 0 Å². The zero-order valence-corrected chi connectivity index (χ0v) is 14.8. The molecule has 122 valence electrons. The molecule has 1 heterocycles. The number of likely N-dealkylation sites (tertiary alicyclic amines) is 1. The van der Waals surface area contributed by atoms with E-state index in [9.17, 15) is 4.79 Å². The molecular formula is C18H21BrN2O2. The largest absolute Gasteiger partial charge is 0.484 e. The summed E-state index contributed by atoms with van der Waals surface area (Å²) < 4.78 is 6.75. The van der Waals surface area contributed by atoms with Crippen molar-refractivity contribution < 1.29 is 9.53 Å². The highest BCUT2D eigenvalue weighted by atomic mass is 79.9. The van der Waals surface area contributed by atoms with E-state index in [1.54, 1.807) is 0 Å². The van der Waals surface area contributed by atoms with Gasteiger partial charge in [0, 0.05) is 23.6 Å². The Morgan fingerprint density at radius 2 is 1.91 bits per heavy atom. The zero-order valence-electron chi connectivity index (χ0n) is 13.2. The van der Waals surface area contributed by atoms with Crippen LogP contribution in [0.3, 0.4) is 0 Å². The first-order chi connectivity index (χ1) is 11.2. The van der Waals surface area contributed by atoms with Crippen LogP contribution in [0.2, 0.25) is 0 Å². The van der Waals surface area contributed by atoms with Gasteiger partial charge in [0.05, 0.1) is 0 Å². The molecule has 1 N–H and O–H groups in total. The molecule has 0 bridgehead atoms. The Labute approximate surface area is 144 Å². The van der Waals surface area contributed by atoms with Crippen LogP contribution in [0.15, 0.2) is 40.9 Å². The summed E-state index contributed by atoms with van der Waals surface area (Å²) in [6, 6.07) is 12.5. The molecule has 5 heteroatoms. The predicted octanol–water partition coefficient (Wildman–Crippen LogP) is 3.19. The van der Waals surface area contributed by atoms with Gasteiger partial charge in [0.2, 0.25) is 0 Å². The Balaban J connectivity index is 1.57. The van der Waals surface area contributed by atoms with E-state index in [-0.39, 0.29) is 12.5 Å². The van der Waals surface area contributed by atoms with E-state index in [0.717, 1.165) is 46.9 Å². The molecule has 1 amide bonds. The number of ether oxygens (including phenoxy) is 1. The second kappa shape index (κ2) is 7.32. The number of hydrogen-bond acceptors (Lipinski definition) is 3. The summed E-state index contributed by atoms with van der Waals surface area (Å²) in [5.41, 5.74) is 0. The van der Waals surface area contributed by atoms with Gasteiger partial charge in [-0.05, 0) is 54.9 Å². The topological polar surface area (TPSA) is 41.6 Å². The van der Waals surface area contributed by atoms with Gasteiger partial charge in [0.15, 0.2) is 6.61 Å². The van der Waals surface area contributed by atoms with Crippen LogP contribution in [0.4, 0.5) is 0 Å². The van der Waals surface area contributed by atoms with Crippen molar-refractivity contribution in [3.05, 3.63) is 40.9 Å². The van der Waals surface area contributed by atoms with Crippen molar-refractivity contribution in [1.29, 1.82) is 0 Å². The average Bonchev–Trinajstić information content (AvgIpc) is 2.59. The van der Waals surface area contributed by atoms with E-state index in [0.29, 0.717) is 6.04 Å². The summed E-state index contributed by atoms with van der Waals surface area (Å²) in [6.45, 7) is 1.71. The maximum Gasteiger partial charge on any atom is 0.260 e. The van der Waals surface area contributed by atoms with Gasteiger partial charge < -0.3 is 15.0 Å². The van der Waals surface area contributed by atoms with Crippen LogP contribution in [0.5, 0.6) is 5.75 Å². The van der Waals surface area contributed by atoms with Gasteiger partial charge in [-0.3, -0.25) is 4.79 Å². The van der Waals surface area contributed by atoms with Gasteiger partial charge in [-0.2, -0.15) is 0 Å². The van der Waals surface area contributed by atoms with Crippen LogP contribution in [0.1, 0.15) is 12.8 Å². The fraction of sp³-hybridized carbons (Fsp3) is 0.389. The second-order valence-electron chi connectivity index (χ2n) is 5.89. The Morgan fingerprint density at radius 1 is 1.22 bits per heavy atom. The monoisotopic (exact) mass is 376 g/mol. The Morgan fingerprint density at radius 3 is 2.65 bits per heavy atom. The molecule has 4 nitrogen and oxygen atoms in total. The van der Waals surface area contributed by atoms with Crippen molar-refractivity contribution in [3.8, 4) is 5.75 Å². The lowest BCUT2D eigenvalue weighted by Gasteiger charge is -2.31. The number of halogens is 1. The lowest BCUT2D eigenvalue weighted by atomic mass is 10.1. The van der Waals surface area contributed by atoms with Crippen LogP contribution in [-0.2, 0) is 4.79 Å². The van der Waals surface area contributed by atoms with Crippen LogP contribution < -0.4 is 10.1 Å². The summed E-state index contributed by atoms with van der Waals surface area (Å²) in [7, 11) is 1.98. The quantitative estimate of drug-likeness (QED) is 0.890. The van der Waals surface area contributed by atoms with Crippen LogP contribution in [-0.4, -0.2) is 43.6 Å². The first-order valence-corrected chi connectivity index (χ1v) is 8.72. The van der Waals surface area contributed by atoms with Gasteiger partial charge in [-0.1, -0.05) is 28.1 Å². The van der Waals surface area contributed by atoms with Crippen molar-refractivity contribution in [3.63, 3.8) is 0 Å². The first-order valence-electron chi connectivity index (χ1n) is 7.93. The third-order valence-corrected chi connectivity index (χ3v) is 4.89. The van der Waals surface area contributed by atoms with Gasteiger partial charge >= 0.3 is 0 Å². The van der Waals surface area contributed by atoms with E-state index in [4.69, 9.17) is 4.74 Å². The van der Waals surface area contributed by atoms with Gasteiger partial charge in [0.25, 0.3) is 5.91 Å². The standard InChI is InChI=1S/C18H21BrN2O2/c1-20-16-6-8-21(9-7-16)18(22)12-23-17-5-3-13-10-15(19)4-2-14(13)11-17/h2-5,10-11,16,20H,6-9,12H2,1H3. The molecule has 3 rings (SSSR count). The lowest BCUT2D eigenvalue weighted by Crippen LogP contribution is -2.45. The van der Waals surface area contributed by atoms with Crippen LogP contribution >= 0.6 is 15.9 Å². The Kier molecular flexibility index (Phi) is 5.18. The SMILES string of the molecule is CNC1CCN(C(=O)COc2ccc3cc(Br)ccc3c2)CC1. The number of rotatable bonds is 4. The molecule has 0 atom stereocenters. The third kappa shape index (κ3) is 4.03. The summed E-state index contributed by atoms with van der Waals surface area (Å²) in [5.74, 6) is 0.800. The molecule has 1 aliphatic heterocycles. The van der Waals surface area contributed by atoms with E-state index < -0.39 is 0 Å². The summed E-state index contributed by atoms with van der Waals surface area (Å²) in [5, 5.41) is 5.52. The molecule has 23 heavy (non-hydrogen) atoms. The number of piperidine rings is 1. The number of fused-ring (bicyclic) bond motifs is 1. The number of amides is 1. The smallest absolute Gasteiger partial charge is 0.260 e. The predicted molar refractivity (Wildman–Crippen MR) is 95.8 cm³/mol. The van der Waals surface area contributed by atoms with Crippen molar-refractivity contribution in [1.82, 2.24) is 10.2 Å². The molecule has 0 aliphatic carbocycles. The van der Waals surface area contributed by atoms with Crippen molar-refractivity contribution in [2.45, 2.75) is 18.9 Å². The van der Waals surface area contributed by atoms with Gasteiger partial charge in [-0.25, -0.2) is 0 Å². The Bertz CT molecular complexity index is 696. The number of nitrogens with one attached hydrogen (secondary N) is 1. The molecule has 0 saturated carbocycles. The summed E-state index contributed by atoms with van der Waals surface area (Å²) >= 11 is 3.47. The number of nitrogens with zero attached hydrogens (tertiary/aromatic N) is 1. The van der Waals surface area contributed by atoms with Crippen LogP contribution in [0.25, 0.3) is 10.8 Å². The molecule has 0 radical (unpaired) electrons. The highest BCUT2D eigenvalue weighted by Gasteiger charge is 2.21. The Hall–Kier alpha value is -1.59. The molecule has 2 aromatic carbocycles. The number of carbonyl (C=O) groups excluding carboxylic acids is 1. The molecule has 0 unspecified atom stereocenters. The molecule has 1 fully saturated rings. The van der Waals surface area contributed by atoms with Crippen molar-refractivity contribution >= 4 is 32.6 Å². The highest BCUT2D eigenvalue weighted by molar-refractivity contribution is 9.10.